The Morgan fingerprint density at radius 1 is 1.56 bits per heavy atom. The van der Waals surface area contributed by atoms with Crippen molar-refractivity contribution in [3.05, 3.63) is 11.3 Å². The molecule has 0 spiro atoms. The first kappa shape index (κ1) is 12.4. The molecule has 0 saturated carbocycles. The van der Waals surface area contributed by atoms with Gasteiger partial charge in [0.25, 0.3) is 0 Å². The van der Waals surface area contributed by atoms with Crippen LogP contribution < -0.4 is 5.32 Å². The largest absolute Gasteiger partial charge is 0.478 e. The van der Waals surface area contributed by atoms with Gasteiger partial charge in [0.1, 0.15) is 10.6 Å². The number of aromatic nitrogens is 1. The van der Waals surface area contributed by atoms with Gasteiger partial charge in [-0.05, 0) is 18.5 Å². The Balaban J connectivity index is 2.61. The second-order valence-corrected chi connectivity index (χ2v) is 3.80. The lowest BCUT2D eigenvalue weighted by Crippen LogP contribution is -2.11. The Bertz CT molecular complexity index is 402. The van der Waals surface area contributed by atoms with Crippen LogP contribution >= 0.6 is 11.5 Å². The van der Waals surface area contributed by atoms with Crippen LogP contribution in [0, 0.1) is 6.92 Å². The van der Waals surface area contributed by atoms with Crippen LogP contribution in [0.4, 0.5) is 5.00 Å². The molecule has 2 N–H and O–H groups in total. The van der Waals surface area contributed by atoms with E-state index in [-0.39, 0.29) is 18.0 Å². The highest BCUT2D eigenvalue weighted by Gasteiger charge is 2.17. The number of methoxy groups -OCH3 is 1. The van der Waals surface area contributed by atoms with Crippen molar-refractivity contribution in [3.63, 3.8) is 0 Å². The number of rotatable bonds is 5. The third-order valence-corrected chi connectivity index (χ3v) is 2.82. The number of carboxylic acid groups (broad SMARTS) is 1. The molecule has 1 aromatic rings. The maximum absolute atomic E-state index is 10.9. The number of anilines is 1. The summed E-state index contributed by atoms with van der Waals surface area (Å²) >= 11 is 1.07. The number of carbonyl (C=O) groups is 2. The predicted molar refractivity (Wildman–Crippen MR) is 58.9 cm³/mol. The topological polar surface area (TPSA) is 88.5 Å². The van der Waals surface area contributed by atoms with Crippen molar-refractivity contribution in [1.82, 2.24) is 4.37 Å². The number of hydrogen-bond acceptors (Lipinski definition) is 6. The average molecular weight is 244 g/mol. The lowest BCUT2D eigenvalue weighted by molar-refractivity contribution is -0.140. The van der Waals surface area contributed by atoms with E-state index in [4.69, 9.17) is 5.11 Å². The maximum Gasteiger partial charge on any atom is 0.340 e. The van der Waals surface area contributed by atoms with Crippen LogP contribution in [0.25, 0.3) is 0 Å². The number of nitrogens with zero attached hydrogens (tertiary/aromatic N) is 1. The minimum Gasteiger partial charge on any atom is -0.478 e. The van der Waals surface area contributed by atoms with Gasteiger partial charge in [0.15, 0.2) is 0 Å². The molecule has 6 nitrogen and oxygen atoms in total. The van der Waals surface area contributed by atoms with Gasteiger partial charge in [-0.25, -0.2) is 4.79 Å². The molecule has 0 aliphatic carbocycles. The second-order valence-electron chi connectivity index (χ2n) is 3.03. The van der Waals surface area contributed by atoms with E-state index in [1.165, 1.54) is 7.11 Å². The van der Waals surface area contributed by atoms with Crippen LogP contribution in [0.1, 0.15) is 22.5 Å². The van der Waals surface area contributed by atoms with Crippen LogP contribution in [-0.2, 0) is 9.53 Å². The number of aromatic carboxylic acids is 1. The van der Waals surface area contributed by atoms with Crippen molar-refractivity contribution in [2.75, 3.05) is 19.0 Å². The van der Waals surface area contributed by atoms with Gasteiger partial charge in [0, 0.05) is 6.54 Å². The van der Waals surface area contributed by atoms with E-state index in [9.17, 15) is 9.59 Å². The van der Waals surface area contributed by atoms with Crippen LogP contribution in [0.3, 0.4) is 0 Å². The summed E-state index contributed by atoms with van der Waals surface area (Å²) in [6, 6.07) is 0. The standard InChI is InChI=1S/C9H12N2O4S/c1-5-7(9(13)14)8(16-11-5)10-4-3-6(12)15-2/h10H,3-4H2,1-2H3,(H,13,14). The Morgan fingerprint density at radius 3 is 2.81 bits per heavy atom. The molecule has 7 heteroatoms. The van der Waals surface area contributed by atoms with Crippen LogP contribution in [0.5, 0.6) is 0 Å². The number of ether oxygens (including phenoxy) is 1. The normalized spacial score (nSPS) is 9.88. The fraction of sp³-hybridized carbons (Fsp3) is 0.444. The summed E-state index contributed by atoms with van der Waals surface area (Å²) in [5, 5.41) is 12.2. The van der Waals surface area contributed by atoms with Crippen LogP contribution in [0.15, 0.2) is 0 Å². The first-order valence-electron chi connectivity index (χ1n) is 4.56. The molecule has 0 amide bonds. The highest BCUT2D eigenvalue weighted by atomic mass is 32.1. The summed E-state index contributed by atoms with van der Waals surface area (Å²) in [6.07, 6.45) is 0.187. The Labute approximate surface area is 96.4 Å². The first-order valence-corrected chi connectivity index (χ1v) is 5.34. The summed E-state index contributed by atoms with van der Waals surface area (Å²) < 4.78 is 8.40. The van der Waals surface area contributed by atoms with E-state index in [1.807, 2.05) is 0 Å². The summed E-state index contributed by atoms with van der Waals surface area (Å²) in [7, 11) is 1.31. The summed E-state index contributed by atoms with van der Waals surface area (Å²) in [5.74, 6) is -1.36. The minimum absolute atomic E-state index is 0.162. The molecule has 0 saturated heterocycles. The van der Waals surface area contributed by atoms with Gasteiger partial charge >= 0.3 is 11.9 Å². The zero-order valence-corrected chi connectivity index (χ0v) is 9.76. The summed E-state index contributed by atoms with van der Waals surface area (Å²) in [4.78, 5) is 21.7. The second kappa shape index (κ2) is 5.45. The molecule has 0 bridgehead atoms. The monoisotopic (exact) mass is 244 g/mol. The van der Waals surface area contributed by atoms with Gasteiger partial charge in [-0.15, -0.1) is 0 Å². The van der Waals surface area contributed by atoms with Gasteiger partial charge in [0.2, 0.25) is 0 Å². The smallest absolute Gasteiger partial charge is 0.340 e. The average Bonchev–Trinajstić information content (AvgIpc) is 2.59. The fourth-order valence-electron chi connectivity index (χ4n) is 1.12. The molecular weight excluding hydrogens is 232 g/mol. The van der Waals surface area contributed by atoms with Gasteiger partial charge in [-0.1, -0.05) is 0 Å². The third kappa shape index (κ3) is 2.93. The van der Waals surface area contributed by atoms with Gasteiger partial charge in [-0.3, -0.25) is 4.79 Å². The van der Waals surface area contributed by atoms with E-state index in [0.29, 0.717) is 17.2 Å². The van der Waals surface area contributed by atoms with Gasteiger partial charge < -0.3 is 15.2 Å². The van der Waals surface area contributed by atoms with E-state index in [1.54, 1.807) is 6.92 Å². The highest BCUT2D eigenvalue weighted by molar-refractivity contribution is 7.10. The molecule has 0 fully saturated rings. The molecule has 0 atom stereocenters. The molecular formula is C9H12N2O4S. The maximum atomic E-state index is 10.9. The van der Waals surface area contributed by atoms with E-state index in [0.717, 1.165) is 11.5 Å². The van der Waals surface area contributed by atoms with Crippen molar-refractivity contribution in [2.45, 2.75) is 13.3 Å². The van der Waals surface area contributed by atoms with Gasteiger partial charge in [-0.2, -0.15) is 4.37 Å². The number of esters is 1. The summed E-state index contributed by atoms with van der Waals surface area (Å²) in [6.45, 7) is 1.96. The number of carboxylic acids is 1. The van der Waals surface area contributed by atoms with E-state index >= 15 is 0 Å². The number of aryl methyl sites for hydroxylation is 1. The lowest BCUT2D eigenvalue weighted by atomic mass is 10.2. The molecule has 1 aromatic heterocycles. The fourth-order valence-corrected chi connectivity index (χ4v) is 1.93. The predicted octanol–water partition coefficient (Wildman–Crippen LogP) is 1.12. The molecule has 0 radical (unpaired) electrons. The molecule has 1 rings (SSSR count). The third-order valence-electron chi connectivity index (χ3n) is 1.92. The molecule has 16 heavy (non-hydrogen) atoms. The van der Waals surface area contributed by atoms with Crippen LogP contribution in [-0.4, -0.2) is 35.1 Å². The van der Waals surface area contributed by atoms with Crippen molar-refractivity contribution in [3.8, 4) is 0 Å². The minimum atomic E-state index is -1.02. The molecule has 0 aliphatic rings. The first-order chi connectivity index (χ1) is 7.56. The zero-order chi connectivity index (χ0) is 12.1. The molecule has 1 heterocycles. The van der Waals surface area contributed by atoms with Crippen molar-refractivity contribution < 1.29 is 19.4 Å². The Morgan fingerprint density at radius 2 is 2.25 bits per heavy atom. The van der Waals surface area contributed by atoms with Crippen molar-refractivity contribution in [1.29, 1.82) is 0 Å². The number of hydrogen-bond donors (Lipinski definition) is 2. The zero-order valence-electron chi connectivity index (χ0n) is 8.94. The van der Waals surface area contributed by atoms with Gasteiger partial charge in [0.05, 0.1) is 19.2 Å². The molecule has 0 aromatic carbocycles. The van der Waals surface area contributed by atoms with Crippen LogP contribution in [0.2, 0.25) is 0 Å². The molecule has 88 valence electrons. The van der Waals surface area contributed by atoms with Crippen molar-refractivity contribution >= 4 is 28.5 Å². The quantitative estimate of drug-likeness (QED) is 0.755. The van der Waals surface area contributed by atoms with E-state index in [2.05, 4.69) is 14.4 Å². The number of nitrogens with one attached hydrogen (secondary N) is 1. The number of carbonyl (C=O) groups excluding carboxylic acids is 1. The molecule has 0 unspecified atom stereocenters. The van der Waals surface area contributed by atoms with E-state index < -0.39 is 5.97 Å². The van der Waals surface area contributed by atoms with Crippen molar-refractivity contribution in [2.24, 2.45) is 0 Å². The Hall–Kier alpha value is -1.63. The SMILES string of the molecule is COC(=O)CCNc1snc(C)c1C(=O)O. The highest BCUT2D eigenvalue weighted by Crippen LogP contribution is 2.24. The lowest BCUT2D eigenvalue weighted by Gasteiger charge is -2.03. The Kier molecular flexibility index (Phi) is 4.24. The molecule has 0 aliphatic heterocycles. The summed E-state index contributed by atoms with van der Waals surface area (Å²) in [5.41, 5.74) is 0.632.